The molecule has 0 saturated carbocycles. The highest BCUT2D eigenvalue weighted by Gasteiger charge is 2.21. The van der Waals surface area contributed by atoms with E-state index in [4.69, 9.17) is 19.5 Å². The molecule has 7 rings (SSSR count). The van der Waals surface area contributed by atoms with Crippen LogP contribution in [0.2, 0.25) is 0 Å². The second-order valence-electron chi connectivity index (χ2n) is 10.9. The molecule has 0 radical (unpaired) electrons. The Hall–Kier alpha value is -6.34. The van der Waals surface area contributed by atoms with Crippen LogP contribution in [0.25, 0.3) is 11.1 Å². The van der Waals surface area contributed by atoms with Gasteiger partial charge < -0.3 is 25.1 Å². The molecule has 1 aromatic heterocycles. The Morgan fingerprint density at radius 2 is 0.957 bits per heavy atom. The summed E-state index contributed by atoms with van der Waals surface area (Å²) in [7, 11) is 3.36. The first-order valence-corrected chi connectivity index (χ1v) is 15.3. The second kappa shape index (κ2) is 13.3. The van der Waals surface area contributed by atoms with Crippen molar-refractivity contribution in [2.45, 2.75) is 0 Å². The number of hydrogen-bond donors (Lipinski definition) is 3. The number of methoxy groups -OCH3 is 2. The van der Waals surface area contributed by atoms with Gasteiger partial charge in [0.05, 0.1) is 25.6 Å². The minimum atomic E-state index is 0.765. The first-order chi connectivity index (χ1) is 23.2. The van der Waals surface area contributed by atoms with Crippen molar-refractivity contribution in [3.63, 3.8) is 0 Å². The van der Waals surface area contributed by atoms with Crippen molar-refractivity contribution in [1.29, 1.82) is 0 Å². The van der Waals surface area contributed by atoms with Crippen molar-refractivity contribution < 1.29 is 9.47 Å². The molecule has 0 atom stereocenters. The maximum absolute atomic E-state index is 5.60. The first-order valence-electron chi connectivity index (χ1n) is 15.3. The van der Waals surface area contributed by atoms with E-state index in [0.29, 0.717) is 0 Å². The third kappa shape index (κ3) is 6.55. The summed E-state index contributed by atoms with van der Waals surface area (Å²) in [6.07, 6.45) is 8.06. The Balaban J connectivity index is 1.33. The number of benzene rings is 4. The number of H-pyrrole nitrogens is 1. The van der Waals surface area contributed by atoms with Crippen LogP contribution in [-0.2, 0) is 0 Å². The zero-order chi connectivity index (χ0) is 32.0. The largest absolute Gasteiger partial charge is 0.497 e. The van der Waals surface area contributed by atoms with Crippen molar-refractivity contribution >= 4 is 34.2 Å². The summed E-state index contributed by atoms with van der Waals surface area (Å²) in [6.45, 7) is 0. The van der Waals surface area contributed by atoms with Crippen LogP contribution < -0.4 is 20.1 Å². The minimum absolute atomic E-state index is 0.765. The molecule has 4 aromatic carbocycles. The number of aliphatic imine (C=N–C) groups is 2. The predicted molar refractivity (Wildman–Crippen MR) is 192 cm³/mol. The highest BCUT2D eigenvalue weighted by atomic mass is 16.5. The van der Waals surface area contributed by atoms with E-state index < -0.39 is 0 Å². The van der Waals surface area contributed by atoms with Gasteiger partial charge in [0.2, 0.25) is 0 Å². The molecule has 5 aromatic rings. The van der Waals surface area contributed by atoms with Crippen LogP contribution in [0.3, 0.4) is 0 Å². The molecule has 230 valence electrons. The molecule has 2 aliphatic heterocycles. The molecule has 0 aliphatic carbocycles. The average Bonchev–Trinajstić information content (AvgIpc) is 3.89. The monoisotopic (exact) mass is 615 g/mol. The predicted octanol–water partition coefficient (Wildman–Crippen LogP) is 8.71. The van der Waals surface area contributed by atoms with Gasteiger partial charge >= 0.3 is 0 Å². The number of amidine groups is 2. The summed E-state index contributed by atoms with van der Waals surface area (Å²) in [4.78, 5) is 13.7. The Kier molecular flexibility index (Phi) is 8.34. The zero-order valence-corrected chi connectivity index (χ0v) is 26.1. The van der Waals surface area contributed by atoms with E-state index in [1.54, 1.807) is 14.2 Å². The number of para-hydroxylation sites is 2. The van der Waals surface area contributed by atoms with Crippen molar-refractivity contribution in [2.24, 2.45) is 9.98 Å². The highest BCUT2D eigenvalue weighted by Crippen LogP contribution is 2.36. The van der Waals surface area contributed by atoms with Crippen molar-refractivity contribution in [3.05, 3.63) is 180 Å². The minimum Gasteiger partial charge on any atom is -0.497 e. The smallest absolute Gasteiger partial charge is 0.131 e. The lowest BCUT2D eigenvalue weighted by atomic mass is 10.0. The van der Waals surface area contributed by atoms with Gasteiger partial charge in [-0.25, -0.2) is 9.98 Å². The van der Waals surface area contributed by atoms with Crippen LogP contribution in [0, 0.1) is 0 Å². The van der Waals surface area contributed by atoms with Gasteiger partial charge in [0.1, 0.15) is 23.2 Å². The lowest BCUT2D eigenvalue weighted by Gasteiger charge is -2.12. The van der Waals surface area contributed by atoms with Crippen molar-refractivity contribution in [2.75, 3.05) is 24.9 Å². The van der Waals surface area contributed by atoms with E-state index in [1.807, 2.05) is 121 Å². The van der Waals surface area contributed by atoms with Crippen LogP contribution in [0.1, 0.15) is 22.5 Å². The molecular formula is C40H33N5O2. The molecule has 0 spiro atoms. The zero-order valence-electron chi connectivity index (χ0n) is 26.1. The van der Waals surface area contributed by atoms with Crippen LogP contribution in [0.15, 0.2) is 167 Å². The van der Waals surface area contributed by atoms with Crippen LogP contribution in [0.4, 0.5) is 11.4 Å². The SMILES string of the molecule is COc1cccc(/C(=C2\C=CC(Nc3ccccc3)=N2)c2ccc(/C(=C3/C=CC(Nc4ccccc4)=N3)c3cccc(OC)c3)[nH]2)c1. The summed E-state index contributed by atoms with van der Waals surface area (Å²) in [6, 6.07) is 40.3. The number of allylic oxidation sites excluding steroid dienone is 2. The quantitative estimate of drug-likeness (QED) is 0.163. The van der Waals surface area contributed by atoms with E-state index in [2.05, 4.69) is 39.9 Å². The number of rotatable bonds is 8. The molecule has 3 N–H and O–H groups in total. The maximum atomic E-state index is 5.60. The van der Waals surface area contributed by atoms with Crippen LogP contribution >= 0.6 is 0 Å². The summed E-state index contributed by atoms with van der Waals surface area (Å²) in [5.74, 6) is 3.07. The number of aromatic amines is 1. The summed E-state index contributed by atoms with van der Waals surface area (Å²) in [5, 5.41) is 6.82. The van der Waals surface area contributed by atoms with Gasteiger partial charge in [-0.2, -0.15) is 0 Å². The molecule has 7 nitrogen and oxygen atoms in total. The second-order valence-corrected chi connectivity index (χ2v) is 10.9. The van der Waals surface area contributed by atoms with Gasteiger partial charge in [0.25, 0.3) is 0 Å². The Bertz CT molecular complexity index is 1950. The highest BCUT2D eigenvalue weighted by molar-refractivity contribution is 6.09. The molecule has 7 heteroatoms. The standard InChI is InChI=1S/C40H33N5O2/c1-46-31-17-9-11-27(25-31)39(35-21-23-37(44-35)41-29-13-5-3-6-14-29)33-19-20-34(43-33)40(28-12-10-18-32(26-28)47-2)36-22-24-38(45-36)42-30-15-7-4-8-16-30/h3-26,43H,1-2H3,(H,41,44)(H,42,45)/b39-35-,40-36-. The van der Waals surface area contributed by atoms with Gasteiger partial charge in [-0.1, -0.05) is 60.7 Å². The number of nitrogens with one attached hydrogen (secondary N) is 3. The van der Waals surface area contributed by atoms with E-state index >= 15 is 0 Å². The molecule has 0 unspecified atom stereocenters. The van der Waals surface area contributed by atoms with E-state index in [1.165, 1.54) is 0 Å². The fourth-order valence-corrected chi connectivity index (χ4v) is 5.61. The number of ether oxygens (including phenoxy) is 2. The van der Waals surface area contributed by atoms with Crippen LogP contribution in [-0.4, -0.2) is 30.9 Å². The fraction of sp³-hybridized carbons (Fsp3) is 0.0500. The Morgan fingerprint density at radius 1 is 0.511 bits per heavy atom. The van der Waals surface area contributed by atoms with Gasteiger partial charge in [0.15, 0.2) is 0 Å². The third-order valence-electron chi connectivity index (χ3n) is 7.83. The number of nitrogens with zero attached hydrogens (tertiary/aromatic N) is 2. The third-order valence-corrected chi connectivity index (χ3v) is 7.83. The van der Waals surface area contributed by atoms with Gasteiger partial charge in [-0.15, -0.1) is 0 Å². The Labute approximate surface area is 274 Å². The van der Waals surface area contributed by atoms with Crippen LogP contribution in [0.5, 0.6) is 11.5 Å². The summed E-state index contributed by atoms with van der Waals surface area (Å²) < 4.78 is 11.2. The molecule has 3 heterocycles. The molecule has 0 fully saturated rings. The Morgan fingerprint density at radius 3 is 1.38 bits per heavy atom. The molecule has 0 bridgehead atoms. The van der Waals surface area contributed by atoms with E-state index in [0.717, 1.165) is 79.6 Å². The van der Waals surface area contributed by atoms with Gasteiger partial charge in [-0.05, 0) is 96.1 Å². The fourth-order valence-electron chi connectivity index (χ4n) is 5.61. The van der Waals surface area contributed by atoms with Gasteiger partial charge in [-0.3, -0.25) is 0 Å². The lowest BCUT2D eigenvalue weighted by Crippen LogP contribution is -2.06. The summed E-state index contributed by atoms with van der Waals surface area (Å²) in [5.41, 5.74) is 9.27. The number of anilines is 2. The molecule has 47 heavy (non-hydrogen) atoms. The molecule has 0 saturated heterocycles. The lowest BCUT2D eigenvalue weighted by molar-refractivity contribution is 0.414. The number of aromatic nitrogens is 1. The van der Waals surface area contributed by atoms with Crippen molar-refractivity contribution in [1.82, 2.24) is 4.98 Å². The maximum Gasteiger partial charge on any atom is 0.131 e. The normalized spacial score (nSPS) is 15.6. The average molecular weight is 616 g/mol. The summed E-state index contributed by atoms with van der Waals surface area (Å²) >= 11 is 0. The number of hydrogen-bond acceptors (Lipinski definition) is 6. The topological polar surface area (TPSA) is 83.0 Å². The molecule has 0 amide bonds. The van der Waals surface area contributed by atoms with E-state index in [-0.39, 0.29) is 0 Å². The van der Waals surface area contributed by atoms with E-state index in [9.17, 15) is 0 Å². The molecule has 2 aliphatic rings. The molecular weight excluding hydrogens is 582 g/mol. The first kappa shape index (κ1) is 29.4. The van der Waals surface area contributed by atoms with Crippen molar-refractivity contribution in [3.8, 4) is 11.5 Å². The van der Waals surface area contributed by atoms with Gasteiger partial charge in [0, 0.05) is 33.9 Å².